The van der Waals surface area contributed by atoms with Gasteiger partial charge in [0.15, 0.2) is 0 Å². The van der Waals surface area contributed by atoms with Crippen LogP contribution in [0, 0.1) is 5.82 Å². The van der Waals surface area contributed by atoms with Gasteiger partial charge < -0.3 is 11.2 Å². The summed E-state index contributed by atoms with van der Waals surface area (Å²) in [7, 11) is 0. The summed E-state index contributed by atoms with van der Waals surface area (Å²) >= 11 is 0. The molecule has 6 nitrogen and oxygen atoms in total. The van der Waals surface area contributed by atoms with Crippen molar-refractivity contribution in [2.75, 3.05) is 11.2 Å². The van der Waals surface area contributed by atoms with Gasteiger partial charge in [-0.05, 0) is 28.1 Å². The molecule has 78 valence electrons. The second kappa shape index (κ2) is 3.91. The standard InChI is InChI=1S/C8H9FN6/c9-7-3-1-6(2-4-7)5-11-15-8(10)12-13-14-15/h1-4,11H,5H2,(H2,10,12,14). The van der Waals surface area contributed by atoms with Gasteiger partial charge in [0.05, 0.1) is 6.54 Å². The van der Waals surface area contributed by atoms with E-state index in [9.17, 15) is 4.39 Å². The molecule has 0 fully saturated rings. The minimum absolute atomic E-state index is 0.178. The van der Waals surface area contributed by atoms with Gasteiger partial charge in [-0.1, -0.05) is 17.2 Å². The molecule has 0 atom stereocenters. The van der Waals surface area contributed by atoms with Gasteiger partial charge in [0, 0.05) is 0 Å². The van der Waals surface area contributed by atoms with Crippen molar-refractivity contribution in [1.29, 1.82) is 0 Å². The van der Waals surface area contributed by atoms with E-state index in [2.05, 4.69) is 21.0 Å². The van der Waals surface area contributed by atoms with Crippen LogP contribution in [-0.4, -0.2) is 20.3 Å². The Morgan fingerprint density at radius 1 is 1.33 bits per heavy atom. The van der Waals surface area contributed by atoms with Crippen LogP contribution in [0.1, 0.15) is 5.56 Å². The van der Waals surface area contributed by atoms with Crippen LogP contribution in [0.2, 0.25) is 0 Å². The fourth-order valence-electron chi connectivity index (χ4n) is 1.08. The number of hydrogen-bond donors (Lipinski definition) is 2. The highest BCUT2D eigenvalue weighted by molar-refractivity contribution is 5.18. The van der Waals surface area contributed by atoms with E-state index >= 15 is 0 Å². The molecule has 0 unspecified atom stereocenters. The third-order valence-corrected chi connectivity index (χ3v) is 1.84. The Labute approximate surface area is 84.9 Å². The molecule has 0 aliphatic rings. The molecule has 15 heavy (non-hydrogen) atoms. The first-order chi connectivity index (χ1) is 7.25. The molecule has 1 heterocycles. The van der Waals surface area contributed by atoms with Crippen LogP contribution in [0.5, 0.6) is 0 Å². The molecule has 2 aromatic rings. The van der Waals surface area contributed by atoms with Crippen molar-refractivity contribution in [3.8, 4) is 0 Å². The van der Waals surface area contributed by atoms with Crippen molar-refractivity contribution in [1.82, 2.24) is 20.3 Å². The quantitative estimate of drug-likeness (QED) is 0.749. The van der Waals surface area contributed by atoms with Gasteiger partial charge in [0.2, 0.25) is 0 Å². The van der Waals surface area contributed by atoms with Crippen LogP contribution < -0.4 is 11.2 Å². The lowest BCUT2D eigenvalue weighted by molar-refractivity contribution is 0.626. The number of halogens is 1. The Kier molecular flexibility index (Phi) is 2.44. The maximum absolute atomic E-state index is 12.6. The Hall–Kier alpha value is -2.18. The van der Waals surface area contributed by atoms with Crippen molar-refractivity contribution in [2.24, 2.45) is 0 Å². The topological polar surface area (TPSA) is 81.7 Å². The first-order valence-electron chi connectivity index (χ1n) is 4.28. The van der Waals surface area contributed by atoms with E-state index < -0.39 is 0 Å². The molecule has 0 saturated heterocycles. The molecule has 7 heteroatoms. The van der Waals surface area contributed by atoms with Crippen LogP contribution in [0.15, 0.2) is 24.3 Å². The van der Waals surface area contributed by atoms with Gasteiger partial charge in [-0.15, -0.1) is 4.79 Å². The number of hydrogen-bond acceptors (Lipinski definition) is 5. The number of nitrogens with one attached hydrogen (secondary N) is 1. The molecule has 0 spiro atoms. The van der Waals surface area contributed by atoms with Crippen LogP contribution >= 0.6 is 0 Å². The monoisotopic (exact) mass is 208 g/mol. The molecular formula is C8H9FN6. The highest BCUT2D eigenvalue weighted by Gasteiger charge is 1.99. The van der Waals surface area contributed by atoms with Crippen LogP contribution in [-0.2, 0) is 6.54 Å². The van der Waals surface area contributed by atoms with Gasteiger partial charge in [0.1, 0.15) is 5.82 Å². The SMILES string of the molecule is Nc1nnnn1NCc1ccc(F)cc1. The summed E-state index contributed by atoms with van der Waals surface area (Å²) in [4.78, 5) is 1.25. The van der Waals surface area contributed by atoms with Crippen molar-refractivity contribution in [3.05, 3.63) is 35.6 Å². The minimum Gasteiger partial charge on any atom is -0.365 e. The van der Waals surface area contributed by atoms with Gasteiger partial charge in [-0.25, -0.2) is 4.39 Å². The molecule has 1 aromatic carbocycles. The van der Waals surface area contributed by atoms with Crippen molar-refractivity contribution in [3.63, 3.8) is 0 Å². The fourth-order valence-corrected chi connectivity index (χ4v) is 1.08. The van der Waals surface area contributed by atoms with Gasteiger partial charge >= 0.3 is 0 Å². The van der Waals surface area contributed by atoms with Crippen LogP contribution in [0.3, 0.4) is 0 Å². The van der Waals surface area contributed by atoms with Crippen molar-refractivity contribution >= 4 is 5.95 Å². The molecule has 3 N–H and O–H groups in total. The van der Waals surface area contributed by atoms with E-state index in [1.54, 1.807) is 12.1 Å². The largest absolute Gasteiger partial charge is 0.365 e. The lowest BCUT2D eigenvalue weighted by atomic mass is 10.2. The summed E-state index contributed by atoms with van der Waals surface area (Å²) in [6.07, 6.45) is 0. The predicted octanol–water partition coefficient (Wildman–Crippen LogP) is 0.138. The number of anilines is 1. The maximum Gasteiger partial charge on any atom is 0.260 e. The fraction of sp³-hybridized carbons (Fsp3) is 0.125. The lowest BCUT2D eigenvalue weighted by Crippen LogP contribution is -2.18. The predicted molar refractivity (Wildman–Crippen MR) is 51.7 cm³/mol. The average Bonchev–Trinajstić information content (AvgIpc) is 2.63. The summed E-state index contributed by atoms with van der Waals surface area (Å²) in [5.74, 6) is -0.0854. The molecule has 1 aromatic heterocycles. The minimum atomic E-state index is -0.263. The summed E-state index contributed by atoms with van der Waals surface area (Å²) in [5.41, 5.74) is 9.20. The van der Waals surface area contributed by atoms with E-state index in [0.717, 1.165) is 5.56 Å². The molecule has 2 rings (SSSR count). The maximum atomic E-state index is 12.6. The zero-order valence-corrected chi connectivity index (χ0v) is 7.76. The molecule has 0 aliphatic carbocycles. The van der Waals surface area contributed by atoms with Crippen molar-refractivity contribution < 1.29 is 4.39 Å². The third-order valence-electron chi connectivity index (χ3n) is 1.84. The van der Waals surface area contributed by atoms with Gasteiger partial charge in [-0.2, -0.15) is 0 Å². The first-order valence-corrected chi connectivity index (χ1v) is 4.28. The van der Waals surface area contributed by atoms with Crippen molar-refractivity contribution in [2.45, 2.75) is 6.54 Å². The van der Waals surface area contributed by atoms with Crippen LogP contribution in [0.4, 0.5) is 10.3 Å². The zero-order valence-electron chi connectivity index (χ0n) is 7.76. The number of nitrogens with zero attached hydrogens (tertiary/aromatic N) is 4. The normalized spacial score (nSPS) is 10.2. The number of nitrogen functional groups attached to an aromatic ring is 1. The third kappa shape index (κ3) is 2.19. The number of rotatable bonds is 3. The molecule has 0 bridgehead atoms. The summed E-state index contributed by atoms with van der Waals surface area (Å²) in [6, 6.07) is 6.12. The highest BCUT2D eigenvalue weighted by atomic mass is 19.1. The summed E-state index contributed by atoms with van der Waals surface area (Å²) in [5, 5.41) is 10.5. The van der Waals surface area contributed by atoms with E-state index in [4.69, 9.17) is 5.73 Å². The summed E-state index contributed by atoms with van der Waals surface area (Å²) in [6.45, 7) is 0.468. The molecule has 0 amide bonds. The second-order valence-corrected chi connectivity index (χ2v) is 2.91. The van der Waals surface area contributed by atoms with E-state index in [1.165, 1.54) is 16.9 Å². The molecule has 0 aliphatic heterocycles. The summed E-state index contributed by atoms with van der Waals surface area (Å²) < 4.78 is 12.6. The van der Waals surface area contributed by atoms with E-state index in [1.807, 2.05) is 0 Å². The number of aromatic nitrogens is 4. The number of nitrogens with two attached hydrogens (primary N) is 1. The Balaban J connectivity index is 1.99. The Morgan fingerprint density at radius 2 is 2.07 bits per heavy atom. The zero-order chi connectivity index (χ0) is 10.7. The smallest absolute Gasteiger partial charge is 0.260 e. The Morgan fingerprint density at radius 3 is 2.67 bits per heavy atom. The second-order valence-electron chi connectivity index (χ2n) is 2.91. The molecular weight excluding hydrogens is 199 g/mol. The van der Waals surface area contributed by atoms with Crippen LogP contribution in [0.25, 0.3) is 0 Å². The number of benzene rings is 1. The van der Waals surface area contributed by atoms with Gasteiger partial charge in [-0.3, -0.25) is 0 Å². The average molecular weight is 208 g/mol. The highest BCUT2D eigenvalue weighted by Crippen LogP contribution is 2.02. The van der Waals surface area contributed by atoms with E-state index in [0.29, 0.717) is 6.54 Å². The first kappa shape index (κ1) is 9.38. The number of tetrazole rings is 1. The molecule has 0 radical (unpaired) electrons. The molecule has 0 saturated carbocycles. The van der Waals surface area contributed by atoms with E-state index in [-0.39, 0.29) is 11.8 Å². The van der Waals surface area contributed by atoms with Gasteiger partial charge in [0.25, 0.3) is 5.95 Å². The lowest BCUT2D eigenvalue weighted by Gasteiger charge is -2.05. The Bertz CT molecular complexity index is 437.